The highest BCUT2D eigenvalue weighted by Gasteiger charge is 2.30. The molecule has 0 aliphatic heterocycles. The summed E-state index contributed by atoms with van der Waals surface area (Å²) >= 11 is 1.35. The topological polar surface area (TPSA) is 212 Å². The van der Waals surface area contributed by atoms with Gasteiger partial charge >= 0.3 is 0 Å². The van der Waals surface area contributed by atoms with Gasteiger partial charge in [0.25, 0.3) is 12.9 Å². The molecular weight excluding hydrogens is 678 g/mol. The Morgan fingerprint density at radius 1 is 0.824 bits per heavy atom. The second kappa shape index (κ2) is 24.5. The summed E-state index contributed by atoms with van der Waals surface area (Å²) in [6.07, 6.45) is 1.84. The molecule has 5 atom stereocenters. The maximum atomic E-state index is 13.8. The van der Waals surface area contributed by atoms with Gasteiger partial charge in [-0.1, -0.05) is 60.7 Å². The standard InChI is InChI=1S/C36H49N5O9S/c1-38-15-9-14-34(46)40-30(17-26-12-7-4-8-13-26)32(44)18-27(16-25-10-5-3-6-11-25)35(47)39-20-29(37)36(48)41-31(21-49-23-42)33(45)19-28(22-51-2)50-24-43/h3-8,10-13,23-24,27-31,38H,9,14-22,37H2,1-2H3,(H,39,47)(H,40,46)(H,41,48). The molecule has 2 rings (SSSR count). The van der Waals surface area contributed by atoms with Crippen molar-refractivity contribution in [1.82, 2.24) is 21.3 Å². The molecule has 6 N–H and O–H groups in total. The van der Waals surface area contributed by atoms with Gasteiger partial charge in [0.15, 0.2) is 11.6 Å². The molecule has 0 bridgehead atoms. The number of rotatable bonds is 27. The maximum Gasteiger partial charge on any atom is 0.293 e. The van der Waals surface area contributed by atoms with Crippen LogP contribution in [-0.2, 0) is 55.9 Å². The van der Waals surface area contributed by atoms with E-state index in [-0.39, 0.29) is 63.3 Å². The van der Waals surface area contributed by atoms with Crippen LogP contribution in [0.5, 0.6) is 0 Å². The van der Waals surface area contributed by atoms with E-state index in [1.54, 1.807) is 13.3 Å². The van der Waals surface area contributed by atoms with Gasteiger partial charge in [0.05, 0.1) is 6.04 Å². The lowest BCUT2D eigenvalue weighted by molar-refractivity contribution is -0.138. The summed E-state index contributed by atoms with van der Waals surface area (Å²) in [6, 6.07) is 14.9. The Labute approximate surface area is 302 Å². The van der Waals surface area contributed by atoms with Crippen molar-refractivity contribution < 1.29 is 43.0 Å². The molecular formula is C36H49N5O9S. The number of Topliss-reactive ketones (excluding diaryl/α,β-unsaturated/α-hetero) is 2. The average molecular weight is 728 g/mol. The number of thioether (sulfide) groups is 1. The number of hydrogen-bond donors (Lipinski definition) is 5. The van der Waals surface area contributed by atoms with Gasteiger partial charge in [0.1, 0.15) is 24.8 Å². The molecule has 15 heteroatoms. The van der Waals surface area contributed by atoms with Crippen LogP contribution in [0, 0.1) is 5.92 Å². The zero-order chi connectivity index (χ0) is 37.4. The van der Waals surface area contributed by atoms with E-state index in [4.69, 9.17) is 15.2 Å². The van der Waals surface area contributed by atoms with E-state index in [1.165, 1.54) is 11.8 Å². The molecule has 0 spiro atoms. The third kappa shape index (κ3) is 16.8. The molecule has 3 amide bonds. The Bertz CT molecular complexity index is 1400. The van der Waals surface area contributed by atoms with Crippen LogP contribution in [0.25, 0.3) is 0 Å². The molecule has 0 heterocycles. The summed E-state index contributed by atoms with van der Waals surface area (Å²) in [5.74, 6) is -3.02. The van der Waals surface area contributed by atoms with Crippen LogP contribution in [-0.4, -0.2) is 105 Å². The van der Waals surface area contributed by atoms with Crippen molar-refractivity contribution in [3.05, 3.63) is 71.8 Å². The minimum Gasteiger partial charge on any atom is -0.465 e. The molecule has 14 nitrogen and oxygen atoms in total. The summed E-state index contributed by atoms with van der Waals surface area (Å²) < 4.78 is 9.66. The molecule has 51 heavy (non-hydrogen) atoms. The number of nitrogens with two attached hydrogens (primary N) is 1. The Hall–Kier alpha value is -4.60. The molecule has 5 unspecified atom stereocenters. The van der Waals surface area contributed by atoms with E-state index in [2.05, 4.69) is 21.3 Å². The Balaban J connectivity index is 2.16. The van der Waals surface area contributed by atoms with E-state index in [9.17, 15) is 33.6 Å². The van der Waals surface area contributed by atoms with Gasteiger partial charge in [0.2, 0.25) is 17.7 Å². The molecule has 0 aliphatic rings. The van der Waals surface area contributed by atoms with E-state index in [0.717, 1.165) is 11.1 Å². The Morgan fingerprint density at radius 2 is 1.45 bits per heavy atom. The second-order valence-electron chi connectivity index (χ2n) is 11.9. The van der Waals surface area contributed by atoms with Crippen LogP contribution in [0.1, 0.15) is 36.8 Å². The quantitative estimate of drug-likeness (QED) is 0.0629. The molecule has 0 aliphatic carbocycles. The van der Waals surface area contributed by atoms with E-state index >= 15 is 0 Å². The van der Waals surface area contributed by atoms with Crippen molar-refractivity contribution in [2.75, 3.05) is 38.8 Å². The molecule has 2 aromatic rings. The van der Waals surface area contributed by atoms with Crippen LogP contribution in [0.15, 0.2) is 60.7 Å². The fraction of sp³-hybridized carbons (Fsp3) is 0.472. The van der Waals surface area contributed by atoms with Gasteiger partial charge in [-0.15, -0.1) is 0 Å². The van der Waals surface area contributed by atoms with Gasteiger partial charge in [-0.05, 0) is 50.2 Å². The first-order valence-electron chi connectivity index (χ1n) is 16.7. The molecule has 2 aromatic carbocycles. The SMILES string of the molecule is CNCCCC(=O)NC(Cc1ccccc1)C(=O)CC(Cc1ccccc1)C(=O)NCC(N)C(=O)NC(COC=O)C(=O)CC(CSC)OC=O. The highest BCUT2D eigenvalue weighted by atomic mass is 32.2. The average Bonchev–Trinajstić information content (AvgIpc) is 3.12. The van der Waals surface area contributed by atoms with E-state index in [1.807, 2.05) is 60.7 Å². The number of amides is 3. The molecule has 0 fully saturated rings. The number of carbonyl (C=O) groups is 7. The largest absolute Gasteiger partial charge is 0.465 e. The first kappa shape index (κ1) is 42.6. The van der Waals surface area contributed by atoms with Gasteiger partial charge in [-0.25, -0.2) is 0 Å². The number of ketones is 2. The zero-order valence-corrected chi connectivity index (χ0v) is 29.9. The molecule has 278 valence electrons. The fourth-order valence-corrected chi connectivity index (χ4v) is 5.75. The molecule has 0 aromatic heterocycles. The second-order valence-corrected chi connectivity index (χ2v) is 12.8. The highest BCUT2D eigenvalue weighted by Crippen LogP contribution is 2.17. The minimum atomic E-state index is -1.32. The first-order valence-corrected chi connectivity index (χ1v) is 18.0. The molecule has 0 radical (unpaired) electrons. The van der Waals surface area contributed by atoms with Crippen molar-refractivity contribution in [2.24, 2.45) is 11.7 Å². The molecule has 0 saturated carbocycles. The summed E-state index contributed by atoms with van der Waals surface area (Å²) in [5.41, 5.74) is 7.74. The highest BCUT2D eigenvalue weighted by molar-refractivity contribution is 7.98. The van der Waals surface area contributed by atoms with Gasteiger partial charge in [-0.2, -0.15) is 11.8 Å². The first-order chi connectivity index (χ1) is 24.6. The predicted molar refractivity (Wildman–Crippen MR) is 192 cm³/mol. The van der Waals surface area contributed by atoms with Crippen LogP contribution in [0.2, 0.25) is 0 Å². The maximum absolute atomic E-state index is 13.8. The predicted octanol–water partition coefficient (Wildman–Crippen LogP) is 0.497. The smallest absolute Gasteiger partial charge is 0.293 e. The third-order valence-electron chi connectivity index (χ3n) is 7.88. The van der Waals surface area contributed by atoms with Crippen molar-refractivity contribution in [2.45, 2.75) is 62.8 Å². The van der Waals surface area contributed by atoms with Crippen molar-refractivity contribution in [1.29, 1.82) is 0 Å². The molecule has 0 saturated heterocycles. The normalized spacial score (nSPS) is 13.7. The fourth-order valence-electron chi connectivity index (χ4n) is 5.18. The lowest BCUT2D eigenvalue weighted by atomic mass is 9.89. The summed E-state index contributed by atoms with van der Waals surface area (Å²) in [4.78, 5) is 87.8. The number of benzene rings is 2. The number of hydrogen-bond acceptors (Lipinski definition) is 12. The van der Waals surface area contributed by atoms with Gasteiger partial charge < -0.3 is 36.5 Å². The Kier molecular flexibility index (Phi) is 20.5. The lowest BCUT2D eigenvalue weighted by Crippen LogP contribution is -2.54. The zero-order valence-electron chi connectivity index (χ0n) is 29.0. The van der Waals surface area contributed by atoms with E-state index in [0.29, 0.717) is 18.7 Å². The van der Waals surface area contributed by atoms with E-state index < -0.39 is 54.4 Å². The Morgan fingerprint density at radius 3 is 2.04 bits per heavy atom. The van der Waals surface area contributed by atoms with Crippen molar-refractivity contribution in [3.63, 3.8) is 0 Å². The van der Waals surface area contributed by atoms with Crippen LogP contribution in [0.3, 0.4) is 0 Å². The third-order valence-corrected chi connectivity index (χ3v) is 8.58. The number of ether oxygens (including phenoxy) is 2. The minimum absolute atomic E-state index is 0.127. The van der Waals surface area contributed by atoms with Crippen LogP contribution in [0.4, 0.5) is 0 Å². The summed E-state index contributed by atoms with van der Waals surface area (Å²) in [5, 5.41) is 11.0. The van der Waals surface area contributed by atoms with Crippen LogP contribution >= 0.6 is 11.8 Å². The number of carbonyl (C=O) groups excluding carboxylic acids is 7. The van der Waals surface area contributed by atoms with Crippen LogP contribution < -0.4 is 27.0 Å². The lowest BCUT2D eigenvalue weighted by Gasteiger charge is -2.23. The number of nitrogens with one attached hydrogen (secondary N) is 4. The van der Waals surface area contributed by atoms with Crippen molar-refractivity contribution in [3.8, 4) is 0 Å². The van der Waals surface area contributed by atoms with Gasteiger partial charge in [0, 0.05) is 37.5 Å². The summed E-state index contributed by atoms with van der Waals surface area (Å²) in [7, 11) is 1.79. The summed E-state index contributed by atoms with van der Waals surface area (Å²) in [6.45, 7) is 0.188. The monoisotopic (exact) mass is 727 g/mol. The van der Waals surface area contributed by atoms with Crippen molar-refractivity contribution >= 4 is 54.0 Å². The van der Waals surface area contributed by atoms with Gasteiger partial charge in [-0.3, -0.25) is 33.6 Å².